The van der Waals surface area contributed by atoms with E-state index in [-0.39, 0.29) is 11.9 Å². The molecule has 1 amide bonds. The number of methoxy groups -OCH3 is 1. The van der Waals surface area contributed by atoms with Crippen LogP contribution in [0.5, 0.6) is 5.75 Å². The van der Waals surface area contributed by atoms with Gasteiger partial charge in [0.05, 0.1) is 13.2 Å². The molecule has 1 fully saturated rings. The summed E-state index contributed by atoms with van der Waals surface area (Å²) in [4.78, 5) is 14.5. The minimum Gasteiger partial charge on any atom is -0.497 e. The third-order valence-corrected chi connectivity index (χ3v) is 3.83. The van der Waals surface area contributed by atoms with E-state index in [1.165, 1.54) is 0 Å². The van der Waals surface area contributed by atoms with Crippen LogP contribution in [0.1, 0.15) is 38.7 Å². The summed E-state index contributed by atoms with van der Waals surface area (Å²) in [5.74, 6) is 1.35. The van der Waals surface area contributed by atoms with Gasteiger partial charge in [0, 0.05) is 12.6 Å². The number of nitrogens with two attached hydrogens (primary N) is 1. The first-order valence-corrected chi connectivity index (χ1v) is 7.70. The summed E-state index contributed by atoms with van der Waals surface area (Å²) in [6, 6.07) is 7.87. The van der Waals surface area contributed by atoms with Crippen molar-refractivity contribution >= 4 is 5.91 Å². The number of ether oxygens (including phenoxy) is 1. The lowest BCUT2D eigenvalue weighted by Gasteiger charge is -2.26. The van der Waals surface area contributed by atoms with Gasteiger partial charge in [0.1, 0.15) is 5.75 Å². The van der Waals surface area contributed by atoms with Crippen LogP contribution in [0.2, 0.25) is 0 Å². The second-order valence-corrected chi connectivity index (χ2v) is 6.28. The smallest absolute Gasteiger partial charge is 0.240 e. The summed E-state index contributed by atoms with van der Waals surface area (Å²) in [6.07, 6.45) is 2.93. The minimum atomic E-state index is -0.385. The van der Waals surface area contributed by atoms with E-state index in [0.29, 0.717) is 18.5 Å². The number of benzene rings is 1. The third-order valence-electron chi connectivity index (χ3n) is 3.83. The molecular formula is C17H26N2O2. The summed E-state index contributed by atoms with van der Waals surface area (Å²) in [5, 5.41) is 0. The van der Waals surface area contributed by atoms with Gasteiger partial charge < -0.3 is 15.4 Å². The van der Waals surface area contributed by atoms with Gasteiger partial charge in [-0.1, -0.05) is 26.0 Å². The molecule has 0 saturated heterocycles. The molecule has 1 aromatic carbocycles. The highest BCUT2D eigenvalue weighted by Gasteiger charge is 2.34. The number of rotatable bonds is 7. The Morgan fingerprint density at radius 2 is 1.95 bits per heavy atom. The Bertz CT molecular complexity index is 466. The number of carbonyl (C=O) groups is 1. The molecule has 1 unspecified atom stereocenters. The van der Waals surface area contributed by atoms with Crippen molar-refractivity contribution in [3.05, 3.63) is 29.8 Å². The topological polar surface area (TPSA) is 55.6 Å². The summed E-state index contributed by atoms with van der Waals surface area (Å²) in [5.41, 5.74) is 7.19. The first-order chi connectivity index (χ1) is 10.0. The molecular weight excluding hydrogens is 264 g/mol. The third kappa shape index (κ3) is 4.46. The molecule has 0 bridgehead atoms. The van der Waals surface area contributed by atoms with E-state index in [9.17, 15) is 4.79 Å². The normalized spacial score (nSPS) is 15.9. The molecule has 1 aliphatic rings. The van der Waals surface area contributed by atoms with Gasteiger partial charge >= 0.3 is 0 Å². The van der Waals surface area contributed by atoms with Crippen molar-refractivity contribution in [2.24, 2.45) is 11.7 Å². The molecule has 4 heteroatoms. The van der Waals surface area contributed by atoms with Crippen LogP contribution >= 0.6 is 0 Å². The van der Waals surface area contributed by atoms with Gasteiger partial charge in [-0.15, -0.1) is 0 Å². The van der Waals surface area contributed by atoms with Crippen molar-refractivity contribution < 1.29 is 9.53 Å². The maximum atomic E-state index is 12.6. The van der Waals surface area contributed by atoms with Gasteiger partial charge in [-0.2, -0.15) is 0 Å². The van der Waals surface area contributed by atoms with Crippen molar-refractivity contribution in [3.63, 3.8) is 0 Å². The number of hydrogen-bond acceptors (Lipinski definition) is 3. The molecule has 0 aromatic heterocycles. The average Bonchev–Trinajstić information content (AvgIpc) is 3.28. The van der Waals surface area contributed by atoms with Crippen LogP contribution in [0.3, 0.4) is 0 Å². The van der Waals surface area contributed by atoms with Crippen molar-refractivity contribution in [2.45, 2.75) is 51.7 Å². The van der Waals surface area contributed by atoms with Crippen LogP contribution in [0, 0.1) is 5.92 Å². The molecule has 21 heavy (non-hydrogen) atoms. The summed E-state index contributed by atoms with van der Waals surface area (Å²) >= 11 is 0. The number of carbonyl (C=O) groups excluding carboxylic acids is 1. The lowest BCUT2D eigenvalue weighted by atomic mass is 10.0. The van der Waals surface area contributed by atoms with Gasteiger partial charge in [-0.25, -0.2) is 0 Å². The van der Waals surface area contributed by atoms with E-state index in [1.807, 2.05) is 29.2 Å². The van der Waals surface area contributed by atoms with E-state index in [0.717, 1.165) is 30.6 Å². The Balaban J connectivity index is 2.03. The van der Waals surface area contributed by atoms with Crippen LogP contribution in [-0.2, 0) is 11.3 Å². The van der Waals surface area contributed by atoms with Crippen LogP contribution in [-0.4, -0.2) is 30.0 Å². The van der Waals surface area contributed by atoms with Crippen LogP contribution < -0.4 is 10.5 Å². The van der Waals surface area contributed by atoms with E-state index >= 15 is 0 Å². The molecule has 4 nitrogen and oxygen atoms in total. The molecule has 1 atom stereocenters. The van der Waals surface area contributed by atoms with E-state index in [2.05, 4.69) is 13.8 Å². The molecule has 0 radical (unpaired) electrons. The fourth-order valence-corrected chi connectivity index (χ4v) is 2.52. The molecule has 0 spiro atoms. The summed E-state index contributed by atoms with van der Waals surface area (Å²) < 4.78 is 5.16. The maximum absolute atomic E-state index is 12.6. The second-order valence-electron chi connectivity index (χ2n) is 6.28. The molecule has 1 saturated carbocycles. The van der Waals surface area contributed by atoms with Gasteiger partial charge in [-0.3, -0.25) is 4.79 Å². The second kappa shape index (κ2) is 6.94. The number of nitrogens with zero attached hydrogens (tertiary/aromatic N) is 1. The monoisotopic (exact) mass is 290 g/mol. The largest absolute Gasteiger partial charge is 0.497 e. The van der Waals surface area contributed by atoms with Crippen molar-refractivity contribution in [2.75, 3.05) is 7.11 Å². The van der Waals surface area contributed by atoms with Gasteiger partial charge in [0.2, 0.25) is 5.91 Å². The molecule has 2 rings (SSSR count). The molecule has 1 aromatic rings. The Morgan fingerprint density at radius 3 is 2.43 bits per heavy atom. The Kier molecular flexibility index (Phi) is 5.23. The van der Waals surface area contributed by atoms with Crippen molar-refractivity contribution in [3.8, 4) is 5.75 Å². The number of amides is 1. The predicted octanol–water partition coefficient (Wildman–Crippen LogP) is 2.56. The fourth-order valence-electron chi connectivity index (χ4n) is 2.52. The standard InChI is InChI=1S/C17H26N2O2/c1-12(2)10-16(18)17(20)19(14-6-7-14)11-13-4-8-15(21-3)9-5-13/h4-5,8-9,12,14,16H,6-7,10-11,18H2,1-3H3. The molecule has 116 valence electrons. The van der Waals surface area contributed by atoms with Crippen molar-refractivity contribution in [1.29, 1.82) is 0 Å². The van der Waals surface area contributed by atoms with Gasteiger partial charge in [0.15, 0.2) is 0 Å². The van der Waals surface area contributed by atoms with Gasteiger partial charge in [0.25, 0.3) is 0 Å². The van der Waals surface area contributed by atoms with E-state index in [4.69, 9.17) is 10.5 Å². The number of hydrogen-bond donors (Lipinski definition) is 1. The van der Waals surface area contributed by atoms with Crippen LogP contribution in [0.25, 0.3) is 0 Å². The Morgan fingerprint density at radius 1 is 1.33 bits per heavy atom. The van der Waals surface area contributed by atoms with Crippen LogP contribution in [0.15, 0.2) is 24.3 Å². The molecule has 1 aliphatic carbocycles. The lowest BCUT2D eigenvalue weighted by molar-refractivity contribution is -0.134. The lowest BCUT2D eigenvalue weighted by Crippen LogP contribution is -2.45. The van der Waals surface area contributed by atoms with Crippen LogP contribution in [0.4, 0.5) is 0 Å². The molecule has 0 heterocycles. The first-order valence-electron chi connectivity index (χ1n) is 7.70. The average molecular weight is 290 g/mol. The fraction of sp³-hybridized carbons (Fsp3) is 0.588. The highest BCUT2D eigenvalue weighted by molar-refractivity contribution is 5.82. The Labute approximate surface area is 127 Å². The zero-order chi connectivity index (χ0) is 15.4. The van der Waals surface area contributed by atoms with E-state index < -0.39 is 0 Å². The highest BCUT2D eigenvalue weighted by atomic mass is 16.5. The van der Waals surface area contributed by atoms with E-state index in [1.54, 1.807) is 7.11 Å². The van der Waals surface area contributed by atoms with Gasteiger partial charge in [-0.05, 0) is 42.9 Å². The Hall–Kier alpha value is -1.55. The highest BCUT2D eigenvalue weighted by Crippen LogP contribution is 2.29. The summed E-state index contributed by atoms with van der Waals surface area (Å²) in [6.45, 7) is 4.83. The predicted molar refractivity (Wildman–Crippen MR) is 84.0 cm³/mol. The molecule has 0 aliphatic heterocycles. The zero-order valence-corrected chi connectivity index (χ0v) is 13.2. The zero-order valence-electron chi connectivity index (χ0n) is 13.2. The van der Waals surface area contributed by atoms with Crippen molar-refractivity contribution in [1.82, 2.24) is 4.90 Å². The minimum absolute atomic E-state index is 0.0852. The SMILES string of the molecule is COc1ccc(CN(C(=O)C(N)CC(C)C)C2CC2)cc1. The quantitative estimate of drug-likeness (QED) is 0.839. The first kappa shape index (κ1) is 15.8. The summed E-state index contributed by atoms with van der Waals surface area (Å²) in [7, 11) is 1.65. The maximum Gasteiger partial charge on any atom is 0.240 e. The molecule has 2 N–H and O–H groups in total.